The van der Waals surface area contributed by atoms with Gasteiger partial charge in [0, 0.05) is 17.8 Å². The minimum atomic E-state index is -0.309. The molecule has 7 nitrogen and oxygen atoms in total. The van der Waals surface area contributed by atoms with E-state index in [2.05, 4.69) is 82.5 Å². The van der Waals surface area contributed by atoms with Gasteiger partial charge in [0.1, 0.15) is 6.61 Å². The molecule has 1 aliphatic heterocycles. The number of Topliss-reactive ketones (excluding diaryl/α,β-unsaturated/α-hetero) is 1. The zero-order chi connectivity index (χ0) is 28.5. The zero-order valence-electron chi connectivity index (χ0n) is 25.4. The number of nitrogens with one attached hydrogen (secondary N) is 3. The van der Waals surface area contributed by atoms with Gasteiger partial charge in [0.15, 0.2) is 11.7 Å². The van der Waals surface area contributed by atoms with Crippen molar-refractivity contribution >= 4 is 11.8 Å². The van der Waals surface area contributed by atoms with Crippen LogP contribution < -0.4 is 16.0 Å². The molecule has 1 saturated heterocycles. The highest BCUT2D eigenvalue weighted by Crippen LogP contribution is 2.56. The molecule has 0 spiro atoms. The summed E-state index contributed by atoms with van der Waals surface area (Å²) in [4.78, 5) is 28.2. The molecule has 1 saturated carbocycles. The molecule has 1 heterocycles. The number of carbonyl (C=O) groups excluding carboxylic acids is 2. The molecule has 7 heteroatoms. The first-order chi connectivity index (χ1) is 16.9. The van der Waals surface area contributed by atoms with Crippen LogP contribution in [0, 0.1) is 28.6 Å². The molecule has 6 atom stereocenters. The maximum absolute atomic E-state index is 13.5. The minimum Gasteiger partial charge on any atom is -0.477 e. The summed E-state index contributed by atoms with van der Waals surface area (Å²) < 4.78 is 5.95. The molecule has 2 fully saturated rings. The van der Waals surface area contributed by atoms with Crippen LogP contribution in [0.2, 0.25) is 0 Å². The lowest BCUT2D eigenvalue weighted by atomic mass is 9.79. The molecule has 0 radical (unpaired) electrons. The molecule has 0 bridgehead atoms. The second-order valence-electron chi connectivity index (χ2n) is 13.7. The highest BCUT2D eigenvalue weighted by Gasteiger charge is 2.61. The van der Waals surface area contributed by atoms with Crippen molar-refractivity contribution in [2.75, 3.05) is 13.2 Å². The number of urea groups is 1. The van der Waals surface area contributed by atoms with E-state index in [1.807, 2.05) is 20.8 Å². The summed E-state index contributed by atoms with van der Waals surface area (Å²) >= 11 is 0. The third kappa shape index (κ3) is 7.44. The number of ketones is 1. The van der Waals surface area contributed by atoms with Crippen molar-refractivity contribution in [2.24, 2.45) is 28.6 Å². The van der Waals surface area contributed by atoms with Crippen molar-refractivity contribution in [1.82, 2.24) is 20.9 Å². The molecule has 0 aromatic rings. The average molecular weight is 519 g/mol. The van der Waals surface area contributed by atoms with Crippen LogP contribution in [0.4, 0.5) is 4.79 Å². The first-order valence-electron chi connectivity index (χ1n) is 14.0. The number of nitrogens with zero attached hydrogens (tertiary/aromatic N) is 1. The fourth-order valence-corrected chi connectivity index (χ4v) is 5.50. The van der Waals surface area contributed by atoms with Crippen molar-refractivity contribution < 1.29 is 14.3 Å². The van der Waals surface area contributed by atoms with Gasteiger partial charge < -0.3 is 25.6 Å². The number of amides is 2. The Bertz CT molecular complexity index is 873. The summed E-state index contributed by atoms with van der Waals surface area (Å²) in [5.41, 5.74) is 0.221. The van der Waals surface area contributed by atoms with E-state index < -0.39 is 0 Å². The van der Waals surface area contributed by atoms with Crippen molar-refractivity contribution in [1.29, 1.82) is 0 Å². The minimum absolute atomic E-state index is 0.144. The van der Waals surface area contributed by atoms with Gasteiger partial charge in [-0.25, -0.2) is 4.79 Å². The zero-order valence-corrected chi connectivity index (χ0v) is 25.4. The third-order valence-corrected chi connectivity index (χ3v) is 8.93. The van der Waals surface area contributed by atoms with Crippen LogP contribution >= 0.6 is 0 Å². The number of hydrogen-bond acceptors (Lipinski definition) is 5. The van der Waals surface area contributed by atoms with Crippen molar-refractivity contribution in [2.45, 2.75) is 113 Å². The van der Waals surface area contributed by atoms with E-state index in [0.29, 0.717) is 30.2 Å². The molecule has 2 rings (SSSR count). The lowest BCUT2D eigenvalue weighted by Crippen LogP contribution is -2.57. The second-order valence-corrected chi connectivity index (χ2v) is 13.7. The smallest absolute Gasteiger partial charge is 0.315 e. The van der Waals surface area contributed by atoms with Crippen LogP contribution in [0.15, 0.2) is 24.7 Å². The van der Waals surface area contributed by atoms with E-state index in [4.69, 9.17) is 4.74 Å². The van der Waals surface area contributed by atoms with Gasteiger partial charge in [-0.1, -0.05) is 55.0 Å². The molecule has 0 aromatic heterocycles. The number of piperidine rings is 1. The summed E-state index contributed by atoms with van der Waals surface area (Å²) in [5, 5.41) is 9.67. The monoisotopic (exact) mass is 518 g/mol. The quantitative estimate of drug-likeness (QED) is 0.283. The normalized spacial score (nSPS) is 25.0. The predicted molar refractivity (Wildman–Crippen MR) is 152 cm³/mol. The maximum atomic E-state index is 13.5. The first-order valence-corrected chi connectivity index (χ1v) is 14.0. The van der Waals surface area contributed by atoms with Crippen LogP contribution in [0.3, 0.4) is 0 Å². The van der Waals surface area contributed by atoms with Gasteiger partial charge in [-0.15, -0.1) is 0 Å². The Morgan fingerprint density at radius 1 is 1.00 bits per heavy atom. The summed E-state index contributed by atoms with van der Waals surface area (Å²) in [6.07, 6.45) is 1.72. The molecule has 0 aromatic carbocycles. The number of hydrogen-bond donors (Lipinski definition) is 3. The van der Waals surface area contributed by atoms with E-state index in [1.165, 1.54) is 0 Å². The van der Waals surface area contributed by atoms with E-state index >= 15 is 0 Å². The highest BCUT2D eigenvalue weighted by molar-refractivity contribution is 5.83. The fourth-order valence-electron chi connectivity index (χ4n) is 5.50. The van der Waals surface area contributed by atoms with Crippen LogP contribution in [0.25, 0.3) is 0 Å². The van der Waals surface area contributed by atoms with Gasteiger partial charge in [-0.3, -0.25) is 4.79 Å². The number of rotatable bonds is 13. The Balaban J connectivity index is 2.18. The maximum Gasteiger partial charge on any atom is 0.315 e. The largest absolute Gasteiger partial charge is 0.477 e. The molecule has 2 amide bonds. The molecular weight excluding hydrogens is 464 g/mol. The molecule has 1 aliphatic carbocycles. The Morgan fingerprint density at radius 2 is 1.57 bits per heavy atom. The molecule has 2 aliphatic rings. The van der Waals surface area contributed by atoms with E-state index in [9.17, 15) is 9.59 Å². The van der Waals surface area contributed by atoms with Gasteiger partial charge in [0.25, 0.3) is 0 Å². The molecule has 3 N–H and O–H groups in total. The van der Waals surface area contributed by atoms with Gasteiger partial charge in [0.05, 0.1) is 18.1 Å². The molecule has 212 valence electrons. The van der Waals surface area contributed by atoms with Crippen molar-refractivity contribution in [3.05, 3.63) is 24.7 Å². The van der Waals surface area contributed by atoms with Crippen molar-refractivity contribution in [3.63, 3.8) is 0 Å². The fraction of sp³-hybridized carbons (Fsp3) is 0.800. The summed E-state index contributed by atoms with van der Waals surface area (Å²) in [6, 6.07) is -0.945. The number of carbonyl (C=O) groups is 2. The Morgan fingerprint density at radius 3 is 2.05 bits per heavy atom. The highest BCUT2D eigenvalue weighted by atomic mass is 16.5. The van der Waals surface area contributed by atoms with Gasteiger partial charge in [-0.2, -0.15) is 0 Å². The number of fused-ring (bicyclic) bond motifs is 1. The Labute approximate surface area is 226 Å². The van der Waals surface area contributed by atoms with E-state index in [-0.39, 0.29) is 46.3 Å². The first kappa shape index (κ1) is 31.0. The SMILES string of the molecule is C=C(NC(C)(C)C)OCC(NC(=O)NC(C(=C)N1C[C@@H]2C(C)[C@@H]2C1C(C)=O)C(C)(C)CC)C(C)(C)CC. The summed E-state index contributed by atoms with van der Waals surface area (Å²) in [5.74, 6) is 2.18. The van der Waals surface area contributed by atoms with Gasteiger partial charge in [-0.05, 0) is 75.7 Å². The standard InChI is InChI=1S/C30H54N4O3/c1-14-29(10,11)23(17-37-21(6)33-28(7,8)9)31-27(36)32-26(30(12,13)15-2)19(4)34-16-22-18(3)24(22)25(34)20(5)35/h18,22-26,33H,4,6,14-17H2,1-3,5,7-13H3,(H2,31,32,36)/t18?,22-,23?,24+,25?,26?/m1/s1. The second kappa shape index (κ2) is 11.3. The van der Waals surface area contributed by atoms with Crippen LogP contribution in [-0.4, -0.2) is 53.5 Å². The Kier molecular flexibility index (Phi) is 9.47. The topological polar surface area (TPSA) is 82.7 Å². The predicted octanol–water partition coefficient (Wildman–Crippen LogP) is 5.44. The number of ether oxygens (including phenoxy) is 1. The molecule has 37 heavy (non-hydrogen) atoms. The molecular formula is C30H54N4O3. The van der Waals surface area contributed by atoms with Gasteiger partial charge in [0.2, 0.25) is 0 Å². The lowest BCUT2D eigenvalue weighted by Gasteiger charge is -2.42. The van der Waals surface area contributed by atoms with Crippen molar-refractivity contribution in [3.8, 4) is 0 Å². The summed E-state index contributed by atoms with van der Waals surface area (Å²) in [7, 11) is 0. The van der Waals surface area contributed by atoms with Crippen LogP contribution in [-0.2, 0) is 9.53 Å². The van der Waals surface area contributed by atoms with Crippen LogP contribution in [0.5, 0.6) is 0 Å². The summed E-state index contributed by atoms with van der Waals surface area (Å²) in [6.45, 7) is 32.4. The van der Waals surface area contributed by atoms with Crippen LogP contribution in [0.1, 0.15) is 89.0 Å². The number of likely N-dealkylation sites (tertiary alicyclic amines) is 1. The average Bonchev–Trinajstić information content (AvgIpc) is 3.20. The van der Waals surface area contributed by atoms with E-state index in [0.717, 1.165) is 25.1 Å². The van der Waals surface area contributed by atoms with E-state index in [1.54, 1.807) is 6.92 Å². The Hall–Kier alpha value is -2.18. The molecule has 4 unspecified atom stereocenters. The lowest BCUT2D eigenvalue weighted by molar-refractivity contribution is -0.121. The third-order valence-electron chi connectivity index (χ3n) is 8.93. The van der Waals surface area contributed by atoms with Gasteiger partial charge >= 0.3 is 6.03 Å².